The summed E-state index contributed by atoms with van der Waals surface area (Å²) in [7, 11) is 0. The summed E-state index contributed by atoms with van der Waals surface area (Å²) >= 11 is 0. The summed E-state index contributed by atoms with van der Waals surface area (Å²) in [5.74, 6) is 0. The van der Waals surface area contributed by atoms with E-state index in [1.165, 1.54) is 17.7 Å². The normalized spacial score (nSPS) is 9.00. The Morgan fingerprint density at radius 1 is 1.08 bits per heavy atom. The van der Waals surface area contributed by atoms with E-state index in [9.17, 15) is 0 Å². The number of aromatic nitrogens is 1. The second-order valence-corrected chi connectivity index (χ2v) is 3.27. The highest BCUT2D eigenvalue weighted by atomic mass is 14.7. The standard InChI is InChI=1S/C9H13N.C3H8/c1-4-9-6-5-7(2)8(3)10-9;1-3-2/h5-6H,4H2,1-3H3;3H2,1-2H3. The molecule has 0 aliphatic carbocycles. The summed E-state index contributed by atoms with van der Waals surface area (Å²) < 4.78 is 0. The van der Waals surface area contributed by atoms with Crippen LogP contribution in [0.5, 0.6) is 0 Å². The van der Waals surface area contributed by atoms with Gasteiger partial charge in [-0.1, -0.05) is 33.3 Å². The molecule has 0 aromatic carbocycles. The largest absolute Gasteiger partial charge is 0.258 e. The molecule has 1 heteroatoms. The number of hydrogen-bond donors (Lipinski definition) is 0. The first-order valence-corrected chi connectivity index (χ1v) is 5.08. The molecular formula is C12H21N. The van der Waals surface area contributed by atoms with Crippen LogP contribution in [0.1, 0.15) is 44.1 Å². The van der Waals surface area contributed by atoms with Gasteiger partial charge in [0, 0.05) is 11.4 Å². The Labute approximate surface area is 82.2 Å². The van der Waals surface area contributed by atoms with Crippen LogP contribution in [0, 0.1) is 13.8 Å². The fraction of sp³-hybridized carbons (Fsp3) is 0.583. The number of rotatable bonds is 1. The quantitative estimate of drug-likeness (QED) is 0.641. The van der Waals surface area contributed by atoms with Crippen molar-refractivity contribution < 1.29 is 0 Å². The second-order valence-electron chi connectivity index (χ2n) is 3.27. The SMILES string of the molecule is CCC.CCc1ccc(C)c(C)n1. The molecule has 0 aliphatic rings. The van der Waals surface area contributed by atoms with E-state index in [0.717, 1.165) is 12.1 Å². The van der Waals surface area contributed by atoms with E-state index in [1.807, 2.05) is 0 Å². The molecule has 1 nitrogen and oxygen atoms in total. The third kappa shape index (κ3) is 4.66. The van der Waals surface area contributed by atoms with Gasteiger partial charge in [0.05, 0.1) is 0 Å². The van der Waals surface area contributed by atoms with E-state index in [4.69, 9.17) is 0 Å². The van der Waals surface area contributed by atoms with E-state index in [0.29, 0.717) is 0 Å². The lowest BCUT2D eigenvalue weighted by atomic mass is 10.2. The van der Waals surface area contributed by atoms with Crippen LogP contribution in [0.2, 0.25) is 0 Å². The van der Waals surface area contributed by atoms with Crippen LogP contribution in [-0.2, 0) is 6.42 Å². The van der Waals surface area contributed by atoms with Crippen molar-refractivity contribution in [3.8, 4) is 0 Å². The van der Waals surface area contributed by atoms with Crippen molar-refractivity contribution in [3.05, 3.63) is 29.1 Å². The average Bonchev–Trinajstić information content (AvgIpc) is 2.11. The van der Waals surface area contributed by atoms with Crippen LogP contribution in [-0.4, -0.2) is 4.98 Å². The first-order chi connectivity index (χ1) is 6.15. The molecule has 13 heavy (non-hydrogen) atoms. The van der Waals surface area contributed by atoms with Crippen molar-refractivity contribution in [2.24, 2.45) is 0 Å². The summed E-state index contributed by atoms with van der Waals surface area (Å²) in [6.45, 7) is 10.5. The Balaban J connectivity index is 0.000000424. The molecule has 0 amide bonds. The predicted octanol–water partition coefficient (Wildman–Crippen LogP) is 3.68. The van der Waals surface area contributed by atoms with Crippen LogP contribution in [0.15, 0.2) is 12.1 Å². The number of hydrogen-bond acceptors (Lipinski definition) is 1. The van der Waals surface area contributed by atoms with Gasteiger partial charge in [-0.25, -0.2) is 0 Å². The van der Waals surface area contributed by atoms with Crippen LogP contribution >= 0.6 is 0 Å². The van der Waals surface area contributed by atoms with Gasteiger partial charge in [-0.3, -0.25) is 4.98 Å². The van der Waals surface area contributed by atoms with Crippen molar-refractivity contribution in [1.82, 2.24) is 4.98 Å². The van der Waals surface area contributed by atoms with Crippen LogP contribution in [0.25, 0.3) is 0 Å². The third-order valence-electron chi connectivity index (χ3n) is 1.77. The zero-order valence-electron chi connectivity index (χ0n) is 9.52. The molecule has 1 aromatic heterocycles. The maximum Gasteiger partial charge on any atom is 0.0405 e. The molecular weight excluding hydrogens is 158 g/mol. The van der Waals surface area contributed by atoms with E-state index in [1.54, 1.807) is 0 Å². The van der Waals surface area contributed by atoms with Crippen molar-refractivity contribution in [1.29, 1.82) is 0 Å². The van der Waals surface area contributed by atoms with Gasteiger partial charge in [-0.15, -0.1) is 0 Å². The predicted molar refractivity (Wildman–Crippen MR) is 59.1 cm³/mol. The molecule has 0 N–H and O–H groups in total. The molecule has 0 spiro atoms. The Hall–Kier alpha value is -0.850. The molecule has 1 heterocycles. The fourth-order valence-electron chi connectivity index (χ4n) is 0.880. The minimum absolute atomic E-state index is 1.03. The molecule has 1 rings (SSSR count). The smallest absolute Gasteiger partial charge is 0.0405 e. The molecule has 0 unspecified atom stereocenters. The Bertz CT molecular complexity index is 241. The maximum absolute atomic E-state index is 4.39. The highest BCUT2D eigenvalue weighted by molar-refractivity contribution is 5.20. The van der Waals surface area contributed by atoms with Crippen LogP contribution < -0.4 is 0 Å². The van der Waals surface area contributed by atoms with Gasteiger partial charge in [0.2, 0.25) is 0 Å². The highest BCUT2D eigenvalue weighted by Gasteiger charge is 1.93. The second kappa shape index (κ2) is 6.64. The van der Waals surface area contributed by atoms with E-state index in [-0.39, 0.29) is 0 Å². The lowest BCUT2D eigenvalue weighted by Crippen LogP contribution is -1.91. The summed E-state index contributed by atoms with van der Waals surface area (Å²) in [4.78, 5) is 4.39. The molecule has 0 aliphatic heterocycles. The van der Waals surface area contributed by atoms with Gasteiger partial charge in [0.25, 0.3) is 0 Å². The summed E-state index contributed by atoms with van der Waals surface area (Å²) in [5, 5.41) is 0. The number of aryl methyl sites for hydroxylation is 3. The van der Waals surface area contributed by atoms with Crippen molar-refractivity contribution in [2.45, 2.75) is 47.5 Å². The lowest BCUT2D eigenvalue weighted by molar-refractivity contribution is 0.993. The fourth-order valence-corrected chi connectivity index (χ4v) is 0.880. The molecule has 1 aromatic rings. The summed E-state index contributed by atoms with van der Waals surface area (Å²) in [6, 6.07) is 4.21. The minimum atomic E-state index is 1.03. The lowest BCUT2D eigenvalue weighted by Gasteiger charge is -2.00. The molecule has 0 bridgehead atoms. The van der Waals surface area contributed by atoms with Crippen LogP contribution in [0.3, 0.4) is 0 Å². The van der Waals surface area contributed by atoms with Crippen molar-refractivity contribution >= 4 is 0 Å². The molecule has 0 radical (unpaired) electrons. The van der Waals surface area contributed by atoms with Gasteiger partial charge in [-0.2, -0.15) is 0 Å². The van der Waals surface area contributed by atoms with Crippen molar-refractivity contribution in [2.75, 3.05) is 0 Å². The maximum atomic E-state index is 4.39. The topological polar surface area (TPSA) is 12.9 Å². The van der Waals surface area contributed by atoms with E-state index < -0.39 is 0 Å². The summed E-state index contributed by atoms with van der Waals surface area (Å²) in [6.07, 6.45) is 2.28. The monoisotopic (exact) mass is 179 g/mol. The van der Waals surface area contributed by atoms with E-state index >= 15 is 0 Å². The van der Waals surface area contributed by atoms with Gasteiger partial charge >= 0.3 is 0 Å². The first-order valence-electron chi connectivity index (χ1n) is 5.08. The Morgan fingerprint density at radius 2 is 1.62 bits per heavy atom. The third-order valence-corrected chi connectivity index (χ3v) is 1.77. The van der Waals surface area contributed by atoms with Gasteiger partial charge in [0.15, 0.2) is 0 Å². The zero-order chi connectivity index (χ0) is 10.3. The number of nitrogens with zero attached hydrogens (tertiary/aromatic N) is 1. The molecule has 74 valence electrons. The van der Waals surface area contributed by atoms with Crippen molar-refractivity contribution in [3.63, 3.8) is 0 Å². The van der Waals surface area contributed by atoms with Crippen LogP contribution in [0.4, 0.5) is 0 Å². The minimum Gasteiger partial charge on any atom is -0.258 e. The zero-order valence-corrected chi connectivity index (χ0v) is 9.52. The van der Waals surface area contributed by atoms with E-state index in [2.05, 4.69) is 51.7 Å². The van der Waals surface area contributed by atoms with Gasteiger partial charge in [0.1, 0.15) is 0 Å². The van der Waals surface area contributed by atoms with Gasteiger partial charge < -0.3 is 0 Å². The Kier molecular flexibility index (Phi) is 6.21. The Morgan fingerprint density at radius 3 is 2.00 bits per heavy atom. The number of pyridine rings is 1. The summed E-state index contributed by atoms with van der Waals surface area (Å²) in [5.41, 5.74) is 3.61. The highest BCUT2D eigenvalue weighted by Crippen LogP contribution is 2.04. The molecule has 0 saturated carbocycles. The molecule has 0 fully saturated rings. The average molecular weight is 179 g/mol. The van der Waals surface area contributed by atoms with Gasteiger partial charge in [-0.05, 0) is 31.9 Å². The molecule has 0 atom stereocenters. The first kappa shape index (κ1) is 12.2. The molecule has 0 saturated heterocycles.